The lowest BCUT2D eigenvalue weighted by Gasteiger charge is -1.99. The van der Waals surface area contributed by atoms with Gasteiger partial charge in [-0.15, -0.1) is 0 Å². The van der Waals surface area contributed by atoms with Crippen LogP contribution in [-0.4, -0.2) is 10.2 Å². The van der Waals surface area contributed by atoms with E-state index < -0.39 is 5.63 Å². The molecule has 0 unspecified atom stereocenters. The number of hydrogen-bond donors (Lipinski definition) is 2. The summed E-state index contributed by atoms with van der Waals surface area (Å²) in [6.45, 7) is -0.313. The van der Waals surface area contributed by atoms with E-state index >= 15 is 0 Å². The quantitative estimate of drug-likeness (QED) is 0.706. The van der Waals surface area contributed by atoms with Crippen molar-refractivity contribution in [2.45, 2.75) is 6.61 Å². The van der Waals surface area contributed by atoms with E-state index in [1.54, 1.807) is 12.1 Å². The Hall–Kier alpha value is -1.81. The molecule has 72 valence electrons. The zero-order chi connectivity index (χ0) is 10.1. The summed E-state index contributed by atoms with van der Waals surface area (Å²) in [5.41, 5.74) is -0.553. The summed E-state index contributed by atoms with van der Waals surface area (Å²) in [4.78, 5) is 11.3. The van der Waals surface area contributed by atoms with Crippen LogP contribution in [0.25, 0.3) is 10.8 Å². The van der Waals surface area contributed by atoms with Gasteiger partial charge in [0, 0.05) is 0 Å². The van der Waals surface area contributed by atoms with Crippen molar-refractivity contribution in [3.8, 4) is 5.75 Å². The Balaban J connectivity index is 2.83. The molecule has 0 bridgehead atoms. The Bertz CT molecular complexity index is 527. The predicted molar refractivity (Wildman–Crippen MR) is 50.1 cm³/mol. The Morgan fingerprint density at radius 1 is 1.29 bits per heavy atom. The number of hydrogen-bond acceptors (Lipinski definition) is 4. The summed E-state index contributed by atoms with van der Waals surface area (Å²) in [6.07, 6.45) is 0. The summed E-state index contributed by atoms with van der Waals surface area (Å²) in [6, 6.07) is 5.97. The zero-order valence-electron chi connectivity index (χ0n) is 7.23. The highest BCUT2D eigenvalue weighted by molar-refractivity contribution is 5.82. The molecule has 2 rings (SSSR count). The maximum atomic E-state index is 11.3. The van der Waals surface area contributed by atoms with E-state index in [-0.39, 0.29) is 18.1 Å². The molecule has 0 fully saturated rings. The first kappa shape index (κ1) is 8.77. The molecule has 14 heavy (non-hydrogen) atoms. The van der Waals surface area contributed by atoms with E-state index in [4.69, 9.17) is 14.6 Å². The molecule has 4 heteroatoms. The second kappa shape index (κ2) is 3.16. The average Bonchev–Trinajstić information content (AvgIpc) is 2.19. The van der Waals surface area contributed by atoms with Crippen molar-refractivity contribution in [1.29, 1.82) is 0 Å². The Morgan fingerprint density at radius 3 is 2.79 bits per heavy atom. The highest BCUT2D eigenvalue weighted by atomic mass is 16.4. The van der Waals surface area contributed by atoms with Gasteiger partial charge in [0.05, 0.1) is 5.39 Å². The molecule has 0 amide bonds. The number of aromatic hydroxyl groups is 1. The van der Waals surface area contributed by atoms with Crippen LogP contribution in [-0.2, 0) is 6.61 Å². The van der Waals surface area contributed by atoms with Crippen LogP contribution in [0.4, 0.5) is 0 Å². The van der Waals surface area contributed by atoms with Crippen molar-refractivity contribution < 1.29 is 14.6 Å². The van der Waals surface area contributed by atoms with Crippen LogP contribution < -0.4 is 5.63 Å². The second-order valence-corrected chi connectivity index (χ2v) is 2.93. The van der Waals surface area contributed by atoms with Gasteiger partial charge in [-0.3, -0.25) is 0 Å². The molecular formula is C10H8O4. The lowest BCUT2D eigenvalue weighted by atomic mass is 10.1. The van der Waals surface area contributed by atoms with Gasteiger partial charge < -0.3 is 14.6 Å². The SMILES string of the molecule is O=c1oc(CO)cc2ccc(O)cc12. The number of fused-ring (bicyclic) bond motifs is 1. The highest BCUT2D eigenvalue weighted by Crippen LogP contribution is 2.17. The van der Waals surface area contributed by atoms with Crippen molar-refractivity contribution in [1.82, 2.24) is 0 Å². The number of phenols is 1. The molecule has 2 N–H and O–H groups in total. The molecule has 0 saturated carbocycles. The Labute approximate surface area is 79.0 Å². The molecular weight excluding hydrogens is 184 g/mol. The Kier molecular flexibility index (Phi) is 1.98. The number of rotatable bonds is 1. The number of aliphatic hydroxyl groups is 1. The van der Waals surface area contributed by atoms with Gasteiger partial charge in [0.25, 0.3) is 0 Å². The van der Waals surface area contributed by atoms with Gasteiger partial charge in [-0.25, -0.2) is 4.79 Å². The van der Waals surface area contributed by atoms with Crippen LogP contribution in [0.15, 0.2) is 33.5 Å². The molecule has 0 aliphatic carbocycles. The minimum absolute atomic E-state index is 0.0153. The molecule has 1 aromatic heterocycles. The summed E-state index contributed by atoms with van der Waals surface area (Å²) < 4.78 is 4.78. The first-order valence-electron chi connectivity index (χ1n) is 4.07. The molecule has 0 aliphatic heterocycles. The lowest BCUT2D eigenvalue weighted by Crippen LogP contribution is -2.01. The van der Waals surface area contributed by atoms with Gasteiger partial charge in [0.2, 0.25) is 0 Å². The van der Waals surface area contributed by atoms with E-state index in [9.17, 15) is 4.79 Å². The molecule has 4 nitrogen and oxygen atoms in total. The van der Waals surface area contributed by atoms with Crippen LogP contribution in [0, 0.1) is 0 Å². The first-order chi connectivity index (χ1) is 6.70. The standard InChI is InChI=1S/C10H8O4/c11-5-8-3-6-1-2-7(12)4-9(6)10(13)14-8/h1-4,11-12H,5H2. The van der Waals surface area contributed by atoms with E-state index in [0.717, 1.165) is 0 Å². The average molecular weight is 192 g/mol. The fourth-order valence-corrected chi connectivity index (χ4v) is 1.30. The topological polar surface area (TPSA) is 70.7 Å². The third kappa shape index (κ3) is 1.36. The van der Waals surface area contributed by atoms with Crippen LogP contribution in [0.2, 0.25) is 0 Å². The van der Waals surface area contributed by atoms with Crippen molar-refractivity contribution >= 4 is 10.8 Å². The van der Waals surface area contributed by atoms with Gasteiger partial charge in [-0.05, 0) is 23.6 Å². The van der Waals surface area contributed by atoms with Crippen molar-refractivity contribution in [3.05, 3.63) is 40.4 Å². The summed E-state index contributed by atoms with van der Waals surface area (Å²) in [5.74, 6) is 0.231. The molecule has 2 aromatic rings. The Morgan fingerprint density at radius 2 is 2.07 bits per heavy atom. The number of benzene rings is 1. The van der Waals surface area contributed by atoms with Gasteiger partial charge in [0.1, 0.15) is 18.1 Å². The van der Waals surface area contributed by atoms with E-state index in [0.29, 0.717) is 10.8 Å². The zero-order valence-corrected chi connectivity index (χ0v) is 7.23. The van der Waals surface area contributed by atoms with E-state index in [1.807, 2.05) is 0 Å². The third-order valence-electron chi connectivity index (χ3n) is 1.95. The molecule has 1 aromatic carbocycles. The van der Waals surface area contributed by atoms with E-state index in [2.05, 4.69) is 0 Å². The lowest BCUT2D eigenvalue weighted by molar-refractivity contribution is 0.241. The normalized spacial score (nSPS) is 10.6. The highest BCUT2D eigenvalue weighted by Gasteiger charge is 2.04. The number of aliphatic hydroxyl groups excluding tert-OH is 1. The van der Waals surface area contributed by atoms with Gasteiger partial charge >= 0.3 is 5.63 Å². The molecule has 0 aliphatic rings. The predicted octanol–water partition coefficient (Wildman–Crippen LogP) is 0.991. The molecule has 0 radical (unpaired) electrons. The first-order valence-corrected chi connectivity index (χ1v) is 4.07. The van der Waals surface area contributed by atoms with Crippen LogP contribution in [0.3, 0.4) is 0 Å². The molecule has 0 saturated heterocycles. The summed E-state index contributed by atoms with van der Waals surface area (Å²) >= 11 is 0. The second-order valence-electron chi connectivity index (χ2n) is 2.93. The monoisotopic (exact) mass is 192 g/mol. The van der Waals surface area contributed by atoms with Crippen molar-refractivity contribution in [2.75, 3.05) is 0 Å². The number of phenolic OH excluding ortho intramolecular Hbond substituents is 1. The van der Waals surface area contributed by atoms with E-state index in [1.165, 1.54) is 12.1 Å². The fraction of sp³-hybridized carbons (Fsp3) is 0.100. The van der Waals surface area contributed by atoms with Crippen LogP contribution in [0.5, 0.6) is 5.75 Å². The van der Waals surface area contributed by atoms with Crippen LogP contribution in [0.1, 0.15) is 5.76 Å². The summed E-state index contributed by atoms with van der Waals surface area (Å²) in [7, 11) is 0. The fourth-order valence-electron chi connectivity index (χ4n) is 1.30. The summed E-state index contributed by atoms with van der Waals surface area (Å²) in [5, 5.41) is 18.9. The van der Waals surface area contributed by atoms with Crippen LogP contribution >= 0.6 is 0 Å². The molecule has 0 atom stereocenters. The smallest absolute Gasteiger partial charge is 0.344 e. The van der Waals surface area contributed by atoms with Gasteiger partial charge in [-0.1, -0.05) is 6.07 Å². The molecule has 1 heterocycles. The minimum atomic E-state index is -0.553. The largest absolute Gasteiger partial charge is 0.508 e. The maximum Gasteiger partial charge on any atom is 0.344 e. The van der Waals surface area contributed by atoms with Crippen molar-refractivity contribution in [2.24, 2.45) is 0 Å². The minimum Gasteiger partial charge on any atom is -0.508 e. The molecule has 0 spiro atoms. The maximum absolute atomic E-state index is 11.3. The van der Waals surface area contributed by atoms with Gasteiger partial charge in [0.15, 0.2) is 0 Å². The third-order valence-corrected chi connectivity index (χ3v) is 1.95. The van der Waals surface area contributed by atoms with Gasteiger partial charge in [-0.2, -0.15) is 0 Å². The van der Waals surface area contributed by atoms with Crippen molar-refractivity contribution in [3.63, 3.8) is 0 Å².